The Hall–Kier alpha value is -4.12. The first-order valence-corrected chi connectivity index (χ1v) is 19.2. The molecular weight excluding hydrogens is 723 g/mol. The van der Waals surface area contributed by atoms with Crippen molar-refractivity contribution in [3.63, 3.8) is 0 Å². The molecule has 2 aliphatic heterocycles. The van der Waals surface area contributed by atoms with Crippen LogP contribution in [0.5, 0.6) is 5.75 Å². The number of rotatable bonds is 10. The first kappa shape index (κ1) is 39.1. The van der Waals surface area contributed by atoms with Gasteiger partial charge in [-0.3, -0.25) is 19.6 Å². The predicted molar refractivity (Wildman–Crippen MR) is 204 cm³/mol. The number of hydrogen-bond donors (Lipinski definition) is 0. The van der Waals surface area contributed by atoms with Crippen LogP contribution in [0.2, 0.25) is 10.0 Å². The summed E-state index contributed by atoms with van der Waals surface area (Å²) in [5, 5.41) is 1.07. The molecule has 3 aromatic rings. The zero-order valence-electron chi connectivity index (χ0n) is 30.2. The molecule has 276 valence electrons. The molecule has 0 saturated carbocycles. The largest absolute Gasteiger partial charge is 0.493 e. The summed E-state index contributed by atoms with van der Waals surface area (Å²) in [5.74, 6) is 3.02. The lowest BCUT2D eigenvalue weighted by Crippen LogP contribution is -2.55. The molecule has 52 heavy (non-hydrogen) atoms. The van der Waals surface area contributed by atoms with E-state index in [-0.39, 0.29) is 53.2 Å². The van der Waals surface area contributed by atoms with Gasteiger partial charge in [0, 0.05) is 69.0 Å². The number of likely N-dealkylation sites (N-methyl/N-ethyl adjacent to an activating group) is 1. The fourth-order valence-electron chi connectivity index (χ4n) is 6.23. The number of terminal acetylenes is 1. The van der Waals surface area contributed by atoms with E-state index >= 15 is 4.79 Å². The third kappa shape index (κ3) is 8.09. The number of halogens is 2. The summed E-state index contributed by atoms with van der Waals surface area (Å²) in [6, 6.07) is 15.9. The van der Waals surface area contributed by atoms with Gasteiger partial charge in [-0.15, -0.1) is 6.42 Å². The zero-order valence-corrected chi connectivity index (χ0v) is 32.5. The molecule has 1 saturated heterocycles. The van der Waals surface area contributed by atoms with Gasteiger partial charge >= 0.3 is 6.03 Å². The van der Waals surface area contributed by atoms with Gasteiger partial charge < -0.3 is 14.5 Å². The van der Waals surface area contributed by atoms with Gasteiger partial charge in [0.15, 0.2) is 0 Å². The Bertz CT molecular complexity index is 1970. The van der Waals surface area contributed by atoms with Crippen molar-refractivity contribution < 1.29 is 22.7 Å². The quantitative estimate of drug-likeness (QED) is 0.243. The van der Waals surface area contributed by atoms with Crippen molar-refractivity contribution in [2.75, 3.05) is 60.5 Å². The van der Waals surface area contributed by atoms with Gasteiger partial charge in [0.2, 0.25) is 15.9 Å². The third-order valence-electron chi connectivity index (χ3n) is 9.40. The van der Waals surface area contributed by atoms with Crippen LogP contribution in [-0.2, 0) is 14.8 Å². The number of aliphatic imine (C=N–C) groups is 1. The number of piperazine rings is 1. The molecule has 0 spiro atoms. The summed E-state index contributed by atoms with van der Waals surface area (Å²) < 4.78 is 34.4. The van der Waals surface area contributed by atoms with E-state index in [4.69, 9.17) is 39.4 Å². The molecule has 0 radical (unpaired) electrons. The summed E-state index contributed by atoms with van der Waals surface area (Å²) >= 11 is 12.6. The normalized spacial score (nSPS) is 18.1. The molecular formula is C38H44Cl2N6O5S. The Labute approximate surface area is 316 Å². The minimum Gasteiger partial charge on any atom is -0.493 e. The Balaban J connectivity index is 1.66. The van der Waals surface area contributed by atoms with Gasteiger partial charge in [0.1, 0.15) is 17.6 Å². The monoisotopic (exact) mass is 766 g/mol. The number of benzene rings is 3. The molecule has 3 amide bonds. The lowest BCUT2D eigenvalue weighted by Gasteiger charge is -2.39. The number of amidine groups is 1. The lowest BCUT2D eigenvalue weighted by atomic mass is 9.93. The van der Waals surface area contributed by atoms with Gasteiger partial charge in [0.05, 0.1) is 29.7 Å². The van der Waals surface area contributed by atoms with Crippen LogP contribution < -0.4 is 4.74 Å². The molecule has 3 aromatic carbocycles. The van der Waals surface area contributed by atoms with E-state index in [2.05, 4.69) is 5.92 Å². The highest BCUT2D eigenvalue weighted by molar-refractivity contribution is 7.89. The summed E-state index contributed by atoms with van der Waals surface area (Å²) in [6.45, 7) is 7.92. The minimum absolute atomic E-state index is 0.0136. The number of hydrogen-bond acceptors (Lipinski definition) is 7. The number of nitrogens with zero attached hydrogens (tertiary/aromatic N) is 6. The van der Waals surface area contributed by atoms with Crippen molar-refractivity contribution in [1.82, 2.24) is 23.9 Å². The summed E-state index contributed by atoms with van der Waals surface area (Å²) in [7, 11) is 0.612. The average molecular weight is 768 g/mol. The van der Waals surface area contributed by atoms with Gasteiger partial charge in [-0.05, 0) is 68.3 Å². The Kier molecular flexibility index (Phi) is 12.2. The maximum Gasteiger partial charge on any atom is 0.326 e. The van der Waals surface area contributed by atoms with Gasteiger partial charge in [-0.2, -0.15) is 0 Å². The average Bonchev–Trinajstić information content (AvgIpc) is 3.51. The molecule has 0 aromatic heterocycles. The molecule has 14 heteroatoms. The highest BCUT2D eigenvalue weighted by Gasteiger charge is 2.45. The SMILES string of the molecule is C#Cc1cc(OCC)c(C2=N[C@@H](c3ccc(Cl)cc3)[C@@H](c3ccc(Cl)cc3)N2C(=O)N2CCN(CC(=O)N(C)C(C)C)CC2)cc1S(=O)(=O)N(C)C. The van der Waals surface area contributed by atoms with Crippen molar-refractivity contribution in [2.24, 2.45) is 4.99 Å². The van der Waals surface area contributed by atoms with Crippen molar-refractivity contribution in [1.29, 1.82) is 0 Å². The van der Waals surface area contributed by atoms with E-state index in [9.17, 15) is 13.2 Å². The number of carbonyl (C=O) groups is 2. The van der Waals surface area contributed by atoms with Crippen LogP contribution in [0.4, 0.5) is 4.79 Å². The van der Waals surface area contributed by atoms with Crippen LogP contribution in [0.1, 0.15) is 55.1 Å². The maximum absolute atomic E-state index is 15.0. The number of sulfonamides is 1. The van der Waals surface area contributed by atoms with Crippen molar-refractivity contribution in [3.05, 3.63) is 93.0 Å². The van der Waals surface area contributed by atoms with E-state index in [0.29, 0.717) is 41.8 Å². The maximum atomic E-state index is 15.0. The molecule has 2 aliphatic rings. The molecule has 0 unspecified atom stereocenters. The molecule has 5 rings (SSSR count). The van der Waals surface area contributed by atoms with Crippen LogP contribution in [0.3, 0.4) is 0 Å². The summed E-state index contributed by atoms with van der Waals surface area (Å²) in [6.07, 6.45) is 5.84. The molecule has 2 atom stereocenters. The van der Waals surface area contributed by atoms with Crippen LogP contribution in [0, 0.1) is 12.3 Å². The first-order chi connectivity index (χ1) is 24.7. The fourth-order valence-corrected chi connectivity index (χ4v) is 7.54. The second-order valence-corrected chi connectivity index (χ2v) is 16.2. The fraction of sp³-hybridized carbons (Fsp3) is 0.395. The summed E-state index contributed by atoms with van der Waals surface area (Å²) in [5.41, 5.74) is 1.96. The Morgan fingerprint density at radius 2 is 1.54 bits per heavy atom. The number of amides is 3. The summed E-state index contributed by atoms with van der Waals surface area (Å²) in [4.78, 5) is 40.1. The Morgan fingerprint density at radius 1 is 0.962 bits per heavy atom. The van der Waals surface area contributed by atoms with E-state index in [1.807, 2.05) is 43.0 Å². The van der Waals surface area contributed by atoms with Crippen molar-refractivity contribution in [3.8, 4) is 18.1 Å². The van der Waals surface area contributed by atoms with Gasteiger partial charge in [-0.25, -0.2) is 17.5 Å². The third-order valence-corrected chi connectivity index (χ3v) is 11.8. The lowest BCUT2D eigenvalue weighted by molar-refractivity contribution is -0.132. The number of carbonyl (C=O) groups excluding carboxylic acids is 2. The standard InChI is InChI=1S/C38H44Cl2N6O5S/c1-8-26-22-32(51-9-2)31(23-33(26)52(49,50)42(5)6)37-41-35(27-10-14-29(39)15-11-27)36(28-12-16-30(40)17-13-28)46(37)38(48)45-20-18-44(19-21-45)24-34(47)43(7)25(3)4/h1,10-17,22-23,25,35-36H,9,18-21,24H2,2-7H3/t35-,36+/m0/s1. The van der Waals surface area contributed by atoms with Crippen LogP contribution in [-0.4, -0.2) is 117 Å². The molecule has 0 N–H and O–H groups in total. The van der Waals surface area contributed by atoms with E-state index in [1.54, 1.807) is 52.9 Å². The van der Waals surface area contributed by atoms with Crippen molar-refractivity contribution >= 4 is 51.0 Å². The zero-order chi connectivity index (χ0) is 37.9. The smallest absolute Gasteiger partial charge is 0.326 e. The van der Waals surface area contributed by atoms with Gasteiger partial charge in [0.25, 0.3) is 0 Å². The number of urea groups is 1. The topological polar surface area (TPSA) is 106 Å². The Morgan fingerprint density at radius 3 is 2.06 bits per heavy atom. The highest BCUT2D eigenvalue weighted by Crippen LogP contribution is 2.46. The van der Waals surface area contributed by atoms with E-state index in [1.165, 1.54) is 26.2 Å². The second-order valence-electron chi connectivity index (χ2n) is 13.2. The van der Waals surface area contributed by atoms with Gasteiger partial charge in [-0.1, -0.05) is 53.4 Å². The molecule has 1 fully saturated rings. The minimum atomic E-state index is -4.03. The molecule has 0 aliphatic carbocycles. The van der Waals surface area contributed by atoms with Crippen LogP contribution >= 0.6 is 23.2 Å². The number of ether oxygens (including phenoxy) is 1. The highest BCUT2D eigenvalue weighted by atomic mass is 35.5. The first-order valence-electron chi connectivity index (χ1n) is 17.0. The molecule has 0 bridgehead atoms. The van der Waals surface area contributed by atoms with E-state index in [0.717, 1.165) is 15.4 Å². The molecule has 2 heterocycles. The van der Waals surface area contributed by atoms with Crippen LogP contribution in [0.25, 0.3) is 0 Å². The second kappa shape index (κ2) is 16.3. The van der Waals surface area contributed by atoms with Crippen LogP contribution in [0.15, 0.2) is 70.6 Å². The van der Waals surface area contributed by atoms with Crippen molar-refractivity contribution in [2.45, 2.75) is 43.8 Å². The predicted octanol–water partition coefficient (Wildman–Crippen LogP) is 5.77. The molecule has 11 nitrogen and oxygen atoms in total. The van der Waals surface area contributed by atoms with E-state index < -0.39 is 22.1 Å².